The fourth-order valence-electron chi connectivity index (χ4n) is 1.72. The second-order valence-electron chi connectivity index (χ2n) is 4.06. The lowest BCUT2D eigenvalue weighted by Crippen LogP contribution is -1.84. The van der Waals surface area contributed by atoms with Crippen molar-refractivity contribution in [2.24, 2.45) is 7.05 Å². The third-order valence-corrected chi connectivity index (χ3v) is 3.55. The van der Waals surface area contributed by atoms with E-state index in [1.807, 2.05) is 49.1 Å². The molecule has 0 fully saturated rings. The number of aryl methyl sites for hydroxylation is 1. The molecule has 0 aliphatic heterocycles. The average molecular weight is 256 g/mol. The Labute approximate surface area is 109 Å². The molecule has 90 valence electrons. The predicted molar refractivity (Wildman–Crippen MR) is 74.2 cm³/mol. The first-order chi connectivity index (χ1) is 8.72. The summed E-state index contributed by atoms with van der Waals surface area (Å²) in [5.41, 5.74) is 9.53. The van der Waals surface area contributed by atoms with Crippen LogP contribution in [0.4, 0.5) is 5.69 Å². The van der Waals surface area contributed by atoms with Crippen LogP contribution in [0.2, 0.25) is 0 Å². The first kappa shape index (κ1) is 11.0. The van der Waals surface area contributed by atoms with Gasteiger partial charge in [0.05, 0.1) is 11.9 Å². The lowest BCUT2D eigenvalue weighted by molar-refractivity contribution is 0.768. The van der Waals surface area contributed by atoms with Crippen LogP contribution in [-0.4, -0.2) is 14.8 Å². The van der Waals surface area contributed by atoms with E-state index in [4.69, 9.17) is 5.73 Å². The minimum Gasteiger partial charge on any atom is -0.399 e. The number of benzene rings is 1. The SMILES string of the molecule is Cn1cc(-c2csc(-c3ccc(N)cc3)n2)cn1. The topological polar surface area (TPSA) is 56.7 Å². The Bertz CT molecular complexity index is 666. The minimum atomic E-state index is 0.766. The van der Waals surface area contributed by atoms with Crippen LogP contribution in [0, 0.1) is 0 Å². The van der Waals surface area contributed by atoms with Crippen LogP contribution in [0.5, 0.6) is 0 Å². The molecule has 0 bridgehead atoms. The smallest absolute Gasteiger partial charge is 0.124 e. The van der Waals surface area contributed by atoms with Gasteiger partial charge in [0.15, 0.2) is 0 Å². The molecule has 0 aliphatic rings. The molecular formula is C13H12N4S. The lowest BCUT2D eigenvalue weighted by atomic mass is 10.2. The van der Waals surface area contributed by atoms with Crippen molar-refractivity contribution in [1.82, 2.24) is 14.8 Å². The van der Waals surface area contributed by atoms with Crippen molar-refractivity contribution < 1.29 is 0 Å². The van der Waals surface area contributed by atoms with Gasteiger partial charge in [-0.3, -0.25) is 4.68 Å². The second kappa shape index (κ2) is 4.27. The second-order valence-corrected chi connectivity index (χ2v) is 4.92. The van der Waals surface area contributed by atoms with Crippen LogP contribution >= 0.6 is 11.3 Å². The zero-order chi connectivity index (χ0) is 12.5. The number of anilines is 1. The summed E-state index contributed by atoms with van der Waals surface area (Å²) in [6.07, 6.45) is 3.78. The van der Waals surface area contributed by atoms with E-state index < -0.39 is 0 Å². The molecule has 0 unspecified atom stereocenters. The van der Waals surface area contributed by atoms with Gasteiger partial charge in [0.2, 0.25) is 0 Å². The Balaban J connectivity index is 1.96. The highest BCUT2D eigenvalue weighted by Crippen LogP contribution is 2.28. The van der Waals surface area contributed by atoms with Crippen LogP contribution in [0.3, 0.4) is 0 Å². The monoisotopic (exact) mass is 256 g/mol. The molecule has 4 nitrogen and oxygen atoms in total. The molecule has 0 aliphatic carbocycles. The lowest BCUT2D eigenvalue weighted by Gasteiger charge is -1.96. The number of hydrogen-bond acceptors (Lipinski definition) is 4. The number of rotatable bonds is 2. The molecule has 18 heavy (non-hydrogen) atoms. The van der Waals surface area contributed by atoms with Gasteiger partial charge in [-0.05, 0) is 24.3 Å². The molecule has 0 saturated heterocycles. The van der Waals surface area contributed by atoms with Crippen molar-refractivity contribution >= 4 is 17.0 Å². The zero-order valence-corrected chi connectivity index (χ0v) is 10.7. The number of hydrogen-bond donors (Lipinski definition) is 1. The average Bonchev–Trinajstić information content (AvgIpc) is 2.98. The fourth-order valence-corrected chi connectivity index (χ4v) is 2.55. The van der Waals surface area contributed by atoms with E-state index in [0.29, 0.717) is 0 Å². The minimum absolute atomic E-state index is 0.766. The maximum absolute atomic E-state index is 5.68. The quantitative estimate of drug-likeness (QED) is 0.717. The number of nitrogen functional groups attached to an aromatic ring is 1. The van der Waals surface area contributed by atoms with E-state index in [-0.39, 0.29) is 0 Å². The fraction of sp³-hybridized carbons (Fsp3) is 0.0769. The van der Waals surface area contributed by atoms with Crippen LogP contribution in [0.1, 0.15) is 0 Å². The van der Waals surface area contributed by atoms with Gasteiger partial charge in [-0.15, -0.1) is 11.3 Å². The summed E-state index contributed by atoms with van der Waals surface area (Å²) in [6, 6.07) is 7.75. The highest BCUT2D eigenvalue weighted by atomic mass is 32.1. The van der Waals surface area contributed by atoms with Crippen molar-refractivity contribution in [3.63, 3.8) is 0 Å². The molecule has 2 N–H and O–H groups in total. The van der Waals surface area contributed by atoms with Gasteiger partial charge < -0.3 is 5.73 Å². The maximum atomic E-state index is 5.68. The Morgan fingerprint density at radius 3 is 2.61 bits per heavy atom. The Morgan fingerprint density at radius 1 is 1.17 bits per heavy atom. The first-order valence-electron chi connectivity index (χ1n) is 5.53. The van der Waals surface area contributed by atoms with E-state index in [2.05, 4.69) is 10.1 Å². The summed E-state index contributed by atoms with van der Waals surface area (Å²) in [6.45, 7) is 0. The summed E-state index contributed by atoms with van der Waals surface area (Å²) >= 11 is 1.62. The summed E-state index contributed by atoms with van der Waals surface area (Å²) in [5.74, 6) is 0. The van der Waals surface area contributed by atoms with Crippen molar-refractivity contribution in [3.05, 3.63) is 42.0 Å². The Hall–Kier alpha value is -2.14. The number of nitrogens with two attached hydrogens (primary N) is 1. The number of aromatic nitrogens is 3. The third kappa shape index (κ3) is 2.00. The van der Waals surface area contributed by atoms with Gasteiger partial charge in [0, 0.05) is 35.4 Å². The number of nitrogens with zero attached hydrogens (tertiary/aromatic N) is 3. The molecule has 5 heteroatoms. The van der Waals surface area contributed by atoms with Crippen molar-refractivity contribution in [2.45, 2.75) is 0 Å². The molecule has 3 rings (SSSR count). The van der Waals surface area contributed by atoms with Gasteiger partial charge in [0.25, 0.3) is 0 Å². The first-order valence-corrected chi connectivity index (χ1v) is 6.41. The predicted octanol–water partition coefficient (Wildman–Crippen LogP) is 2.79. The Kier molecular flexibility index (Phi) is 2.60. The van der Waals surface area contributed by atoms with Crippen molar-refractivity contribution in [2.75, 3.05) is 5.73 Å². The molecule has 1 aromatic carbocycles. The molecule has 0 atom stereocenters. The molecule has 3 aromatic rings. The van der Waals surface area contributed by atoms with Crippen LogP contribution in [-0.2, 0) is 7.05 Å². The molecule has 2 heterocycles. The number of thiazole rings is 1. The van der Waals surface area contributed by atoms with Crippen molar-refractivity contribution in [3.8, 4) is 21.8 Å². The maximum Gasteiger partial charge on any atom is 0.124 e. The molecule has 0 saturated carbocycles. The van der Waals surface area contributed by atoms with Gasteiger partial charge in [0.1, 0.15) is 5.01 Å². The van der Waals surface area contributed by atoms with Crippen LogP contribution < -0.4 is 5.73 Å². The van der Waals surface area contributed by atoms with E-state index in [1.165, 1.54) is 0 Å². The highest BCUT2D eigenvalue weighted by Gasteiger charge is 2.07. The molecule has 0 spiro atoms. The Morgan fingerprint density at radius 2 is 1.94 bits per heavy atom. The van der Waals surface area contributed by atoms with Crippen LogP contribution in [0.25, 0.3) is 21.8 Å². The summed E-state index contributed by atoms with van der Waals surface area (Å²) in [4.78, 5) is 4.62. The van der Waals surface area contributed by atoms with Crippen molar-refractivity contribution in [1.29, 1.82) is 0 Å². The van der Waals surface area contributed by atoms with E-state index >= 15 is 0 Å². The van der Waals surface area contributed by atoms with Gasteiger partial charge in [-0.1, -0.05) is 0 Å². The van der Waals surface area contributed by atoms with Gasteiger partial charge in [-0.25, -0.2) is 4.98 Å². The highest BCUT2D eigenvalue weighted by molar-refractivity contribution is 7.13. The molecule has 2 aromatic heterocycles. The molecule has 0 amide bonds. The van der Waals surface area contributed by atoms with Crippen LogP contribution in [0.15, 0.2) is 42.0 Å². The largest absolute Gasteiger partial charge is 0.399 e. The van der Waals surface area contributed by atoms with Gasteiger partial charge in [-0.2, -0.15) is 5.10 Å². The summed E-state index contributed by atoms with van der Waals surface area (Å²) in [5, 5.41) is 7.19. The normalized spacial score (nSPS) is 10.7. The third-order valence-electron chi connectivity index (χ3n) is 2.66. The summed E-state index contributed by atoms with van der Waals surface area (Å²) in [7, 11) is 1.90. The van der Waals surface area contributed by atoms with E-state index in [9.17, 15) is 0 Å². The standard InChI is InChI=1S/C13H12N4S/c1-17-7-10(6-15-17)12-8-18-13(16-12)9-2-4-11(14)5-3-9/h2-8H,14H2,1H3. The van der Waals surface area contributed by atoms with Gasteiger partial charge >= 0.3 is 0 Å². The molecular weight excluding hydrogens is 244 g/mol. The van der Waals surface area contributed by atoms with E-state index in [1.54, 1.807) is 16.0 Å². The van der Waals surface area contributed by atoms with E-state index in [0.717, 1.165) is 27.5 Å². The summed E-state index contributed by atoms with van der Waals surface area (Å²) < 4.78 is 1.78. The molecule has 0 radical (unpaired) electrons. The zero-order valence-electron chi connectivity index (χ0n) is 9.87.